The SMILES string of the molecule is N#Cc1ccc(C2C3=C(CCCC3=O)n3c(=O)c4c(N)cccc4c(=O)n32)cc1. The van der Waals surface area contributed by atoms with Gasteiger partial charge in [-0.1, -0.05) is 18.2 Å². The van der Waals surface area contributed by atoms with Gasteiger partial charge >= 0.3 is 0 Å². The monoisotopic (exact) mass is 384 g/mol. The van der Waals surface area contributed by atoms with Crippen LogP contribution in [0, 0.1) is 11.3 Å². The largest absolute Gasteiger partial charge is 0.398 e. The normalized spacial score (nSPS) is 17.9. The van der Waals surface area contributed by atoms with Gasteiger partial charge in [-0.3, -0.25) is 14.4 Å². The third-order valence-corrected chi connectivity index (χ3v) is 5.71. The van der Waals surface area contributed by atoms with E-state index >= 15 is 0 Å². The summed E-state index contributed by atoms with van der Waals surface area (Å²) in [6, 6.07) is 12.9. The molecule has 2 aromatic carbocycles. The summed E-state index contributed by atoms with van der Waals surface area (Å²) in [4.78, 5) is 39.7. The Hall–Kier alpha value is -3.92. The molecule has 1 aliphatic carbocycles. The highest BCUT2D eigenvalue weighted by atomic mass is 16.2. The Bertz CT molecular complexity index is 1400. The second-order valence-electron chi connectivity index (χ2n) is 7.31. The van der Waals surface area contributed by atoms with E-state index in [9.17, 15) is 14.4 Å². The van der Waals surface area contributed by atoms with Crippen molar-refractivity contribution in [1.29, 1.82) is 5.26 Å². The van der Waals surface area contributed by atoms with Crippen LogP contribution in [0.3, 0.4) is 0 Å². The summed E-state index contributed by atoms with van der Waals surface area (Å²) in [5.74, 6) is -0.0624. The molecule has 0 saturated heterocycles. The van der Waals surface area contributed by atoms with Crippen molar-refractivity contribution >= 4 is 27.9 Å². The molecule has 2 N–H and O–H groups in total. The van der Waals surface area contributed by atoms with Crippen molar-refractivity contribution in [2.24, 2.45) is 0 Å². The molecule has 3 aromatic rings. The lowest BCUT2D eigenvalue weighted by Gasteiger charge is -2.19. The highest BCUT2D eigenvalue weighted by molar-refractivity contribution is 6.04. The third kappa shape index (κ3) is 2.26. The number of hydrogen-bond donors (Lipinski definition) is 1. The summed E-state index contributed by atoms with van der Waals surface area (Å²) in [7, 11) is 0. The summed E-state index contributed by atoms with van der Waals surface area (Å²) in [5.41, 5.74) is 7.71. The minimum absolute atomic E-state index is 0.0624. The maximum atomic E-state index is 13.4. The minimum Gasteiger partial charge on any atom is -0.398 e. The Labute approximate surface area is 164 Å². The van der Waals surface area contributed by atoms with Crippen LogP contribution in [0.1, 0.15) is 36.4 Å². The Morgan fingerprint density at radius 3 is 2.48 bits per heavy atom. The number of rotatable bonds is 1. The number of Topliss-reactive ketones (excluding diaryl/α,β-unsaturated/α-hetero) is 1. The van der Waals surface area contributed by atoms with Crippen LogP contribution in [0.15, 0.2) is 57.6 Å². The van der Waals surface area contributed by atoms with E-state index in [0.29, 0.717) is 41.7 Å². The van der Waals surface area contributed by atoms with Crippen molar-refractivity contribution in [3.8, 4) is 6.07 Å². The highest BCUT2D eigenvalue weighted by Crippen LogP contribution is 2.40. The number of nitriles is 1. The van der Waals surface area contributed by atoms with Gasteiger partial charge in [0.25, 0.3) is 11.1 Å². The molecule has 0 saturated carbocycles. The predicted octanol–water partition coefficient (Wildman–Crippen LogP) is 2.18. The van der Waals surface area contributed by atoms with Gasteiger partial charge in [0.2, 0.25) is 0 Å². The number of carbonyl (C=O) groups excluding carboxylic acids is 1. The van der Waals surface area contributed by atoms with E-state index in [0.717, 1.165) is 0 Å². The second-order valence-corrected chi connectivity index (χ2v) is 7.31. The summed E-state index contributed by atoms with van der Waals surface area (Å²) < 4.78 is 2.72. The molecule has 7 heteroatoms. The smallest absolute Gasteiger partial charge is 0.279 e. The predicted molar refractivity (Wildman–Crippen MR) is 108 cm³/mol. The van der Waals surface area contributed by atoms with Gasteiger partial charge in [0, 0.05) is 17.7 Å². The van der Waals surface area contributed by atoms with Crippen LogP contribution in [0.25, 0.3) is 16.5 Å². The standard InChI is InChI=1S/C22H16N4O3/c23-11-12-7-9-13(10-8-12)20-19-16(5-2-6-17(19)27)25-22(29)18-14(21(28)26(20)25)3-1-4-15(18)24/h1,3-4,7-10,20H,2,5-6,24H2. The minimum atomic E-state index is -0.698. The zero-order chi connectivity index (χ0) is 20.3. The molecule has 2 aliphatic rings. The lowest BCUT2D eigenvalue weighted by molar-refractivity contribution is -0.116. The van der Waals surface area contributed by atoms with Crippen molar-refractivity contribution in [2.45, 2.75) is 25.3 Å². The van der Waals surface area contributed by atoms with Gasteiger partial charge in [-0.2, -0.15) is 5.26 Å². The fourth-order valence-electron chi connectivity index (χ4n) is 4.44. The molecule has 1 aromatic heterocycles. The number of fused-ring (bicyclic) bond motifs is 3. The van der Waals surface area contributed by atoms with Crippen molar-refractivity contribution < 1.29 is 4.79 Å². The molecule has 5 rings (SSSR count). The van der Waals surface area contributed by atoms with Gasteiger partial charge in [-0.05, 0) is 42.7 Å². The van der Waals surface area contributed by atoms with E-state index < -0.39 is 11.6 Å². The summed E-state index contributed by atoms with van der Waals surface area (Å²) in [6.07, 6.45) is 1.54. The van der Waals surface area contributed by atoms with E-state index in [1.54, 1.807) is 42.5 Å². The number of nitrogen functional groups attached to an aromatic ring is 1. The van der Waals surface area contributed by atoms with Crippen LogP contribution in [0.4, 0.5) is 5.69 Å². The first kappa shape index (κ1) is 17.2. The number of carbonyl (C=O) groups is 1. The average Bonchev–Trinajstić information content (AvgIpc) is 3.09. The van der Waals surface area contributed by atoms with E-state index in [2.05, 4.69) is 6.07 Å². The number of allylic oxidation sites excluding steroid dienone is 2. The molecule has 1 atom stereocenters. The molecule has 1 aliphatic heterocycles. The van der Waals surface area contributed by atoms with Crippen LogP contribution in [-0.2, 0) is 4.79 Å². The Balaban J connectivity index is 1.91. The van der Waals surface area contributed by atoms with Crippen LogP contribution >= 0.6 is 0 Å². The van der Waals surface area contributed by atoms with E-state index in [4.69, 9.17) is 11.0 Å². The van der Waals surface area contributed by atoms with Gasteiger partial charge in [0.05, 0.1) is 28.1 Å². The maximum absolute atomic E-state index is 13.4. The van der Waals surface area contributed by atoms with Gasteiger partial charge < -0.3 is 5.73 Å². The third-order valence-electron chi connectivity index (χ3n) is 5.71. The molecule has 1 unspecified atom stereocenters. The fraction of sp³-hybridized carbons (Fsp3) is 0.182. The van der Waals surface area contributed by atoms with Crippen molar-refractivity contribution in [3.63, 3.8) is 0 Å². The Morgan fingerprint density at radius 2 is 1.76 bits per heavy atom. The zero-order valence-electron chi connectivity index (χ0n) is 15.4. The van der Waals surface area contributed by atoms with E-state index in [1.807, 2.05) is 0 Å². The number of hydrogen-bond acceptors (Lipinski definition) is 5. The number of nitrogens with zero attached hydrogens (tertiary/aromatic N) is 3. The Morgan fingerprint density at radius 1 is 1.00 bits per heavy atom. The number of anilines is 1. The van der Waals surface area contributed by atoms with Crippen molar-refractivity contribution in [2.75, 3.05) is 5.73 Å². The Kier molecular flexibility index (Phi) is 3.58. The molecule has 0 fully saturated rings. The number of ketones is 1. The topological polar surface area (TPSA) is 111 Å². The van der Waals surface area contributed by atoms with Crippen LogP contribution in [0.2, 0.25) is 0 Å². The quantitative estimate of drug-likeness (QED) is 0.647. The first-order chi connectivity index (χ1) is 14.0. The number of benzene rings is 2. The first-order valence-electron chi connectivity index (χ1n) is 9.35. The van der Waals surface area contributed by atoms with E-state index in [1.165, 1.54) is 9.36 Å². The summed E-state index contributed by atoms with van der Waals surface area (Å²) in [6.45, 7) is 0. The molecular weight excluding hydrogens is 368 g/mol. The highest BCUT2D eigenvalue weighted by Gasteiger charge is 2.40. The molecule has 2 heterocycles. The molecule has 7 nitrogen and oxygen atoms in total. The second kappa shape index (κ2) is 6.04. The summed E-state index contributed by atoms with van der Waals surface area (Å²) >= 11 is 0. The first-order valence-corrected chi connectivity index (χ1v) is 9.35. The van der Waals surface area contributed by atoms with Crippen LogP contribution in [-0.4, -0.2) is 15.1 Å². The molecule has 0 bridgehead atoms. The van der Waals surface area contributed by atoms with Crippen molar-refractivity contribution in [1.82, 2.24) is 9.36 Å². The zero-order valence-corrected chi connectivity index (χ0v) is 15.4. The van der Waals surface area contributed by atoms with Crippen LogP contribution in [0.5, 0.6) is 0 Å². The molecule has 0 amide bonds. The lowest BCUT2D eigenvalue weighted by atomic mass is 9.88. The van der Waals surface area contributed by atoms with Crippen molar-refractivity contribution in [3.05, 3.63) is 79.9 Å². The van der Waals surface area contributed by atoms with Gasteiger partial charge in [-0.25, -0.2) is 9.36 Å². The molecule has 29 heavy (non-hydrogen) atoms. The van der Waals surface area contributed by atoms with Crippen LogP contribution < -0.4 is 16.9 Å². The van der Waals surface area contributed by atoms with E-state index in [-0.39, 0.29) is 27.8 Å². The van der Waals surface area contributed by atoms with Gasteiger partial charge in [0.15, 0.2) is 5.78 Å². The molecular formula is C22H16N4O3. The summed E-state index contributed by atoms with van der Waals surface area (Å²) in [5, 5.41) is 9.49. The van der Waals surface area contributed by atoms with Gasteiger partial charge in [0.1, 0.15) is 6.04 Å². The lowest BCUT2D eigenvalue weighted by Crippen LogP contribution is -2.37. The maximum Gasteiger partial charge on any atom is 0.279 e. The number of aromatic nitrogens is 2. The molecule has 0 spiro atoms. The average molecular weight is 384 g/mol. The number of nitrogens with two attached hydrogens (primary N) is 1. The fourth-order valence-corrected chi connectivity index (χ4v) is 4.44. The molecule has 0 radical (unpaired) electrons. The van der Waals surface area contributed by atoms with Gasteiger partial charge in [-0.15, -0.1) is 0 Å². The molecule has 142 valence electrons.